The first-order chi connectivity index (χ1) is 37.5. The Bertz CT molecular complexity index is 1190. The molecule has 0 saturated heterocycles. The fourth-order valence-electron chi connectivity index (χ4n) is 10.9. The molecule has 1 amide bonds. The highest BCUT2D eigenvalue weighted by atomic mass is 16.5. The minimum absolute atomic E-state index is 0.0141. The van der Waals surface area contributed by atoms with Crippen molar-refractivity contribution in [2.75, 3.05) is 13.2 Å². The topological polar surface area (TPSA) is 95.9 Å². The van der Waals surface area contributed by atoms with Crippen LogP contribution < -0.4 is 5.32 Å². The molecule has 2 atom stereocenters. The van der Waals surface area contributed by atoms with Crippen molar-refractivity contribution in [2.45, 2.75) is 398 Å². The summed E-state index contributed by atoms with van der Waals surface area (Å²) in [7, 11) is 0. The van der Waals surface area contributed by atoms with E-state index in [2.05, 4.69) is 31.3 Å². The van der Waals surface area contributed by atoms with Crippen LogP contribution in [-0.4, -0.2) is 47.4 Å². The van der Waals surface area contributed by atoms with Crippen LogP contribution in [-0.2, 0) is 14.3 Å². The molecule has 6 nitrogen and oxygen atoms in total. The molecule has 0 fully saturated rings. The van der Waals surface area contributed by atoms with Gasteiger partial charge in [0.25, 0.3) is 0 Å². The van der Waals surface area contributed by atoms with E-state index in [4.69, 9.17) is 4.74 Å². The molecule has 0 aliphatic carbocycles. The van der Waals surface area contributed by atoms with Gasteiger partial charge in [0.15, 0.2) is 0 Å². The summed E-state index contributed by atoms with van der Waals surface area (Å²) >= 11 is 0. The quantitative estimate of drug-likeness (QED) is 0.0320. The molecule has 0 radical (unpaired) electrons. The second-order valence-electron chi connectivity index (χ2n) is 23.9. The number of unbranched alkanes of at least 4 members (excludes halogenated alkanes) is 52. The molecule has 0 rings (SSSR count). The van der Waals surface area contributed by atoms with Crippen molar-refractivity contribution < 1.29 is 24.5 Å². The van der Waals surface area contributed by atoms with Crippen LogP contribution in [0.25, 0.3) is 0 Å². The smallest absolute Gasteiger partial charge is 0.305 e. The van der Waals surface area contributed by atoms with Crippen molar-refractivity contribution in [1.29, 1.82) is 0 Å². The number of nitrogens with one attached hydrogen (secondary N) is 1. The maximum atomic E-state index is 12.4. The zero-order valence-corrected chi connectivity index (χ0v) is 51.5. The molecule has 6 heteroatoms. The molecule has 0 bridgehead atoms. The number of esters is 1. The molecule has 0 spiro atoms. The molecule has 0 aliphatic rings. The van der Waals surface area contributed by atoms with Gasteiger partial charge >= 0.3 is 5.97 Å². The summed E-state index contributed by atoms with van der Waals surface area (Å²) in [4.78, 5) is 24.5. The maximum absolute atomic E-state index is 12.4. The Balaban J connectivity index is 3.29. The van der Waals surface area contributed by atoms with Crippen LogP contribution in [0.4, 0.5) is 0 Å². The molecule has 0 aromatic heterocycles. The molecule has 0 aromatic rings. The lowest BCUT2D eigenvalue weighted by atomic mass is 10.0. The number of carbonyl (C=O) groups excluding carboxylic acids is 2. The number of allylic oxidation sites excluding steroid dienone is 3. The largest absolute Gasteiger partial charge is 0.466 e. The van der Waals surface area contributed by atoms with Gasteiger partial charge in [0.1, 0.15) is 0 Å². The van der Waals surface area contributed by atoms with Gasteiger partial charge in [-0.25, -0.2) is 0 Å². The highest BCUT2D eigenvalue weighted by Crippen LogP contribution is 2.19. The lowest BCUT2D eigenvalue weighted by Crippen LogP contribution is -2.45. The Morgan fingerprint density at radius 1 is 0.355 bits per heavy atom. The maximum Gasteiger partial charge on any atom is 0.305 e. The third-order valence-corrected chi connectivity index (χ3v) is 16.2. The Morgan fingerprint density at radius 2 is 0.618 bits per heavy atom. The third kappa shape index (κ3) is 61.6. The summed E-state index contributed by atoms with van der Waals surface area (Å²) < 4.78 is 5.49. The predicted octanol–water partition coefficient (Wildman–Crippen LogP) is 22.1. The molecule has 0 aliphatic heterocycles. The van der Waals surface area contributed by atoms with Crippen LogP contribution in [0.2, 0.25) is 0 Å². The van der Waals surface area contributed by atoms with Crippen molar-refractivity contribution in [3.63, 3.8) is 0 Å². The fourth-order valence-corrected chi connectivity index (χ4v) is 10.9. The predicted molar refractivity (Wildman–Crippen MR) is 333 cm³/mol. The fraction of sp³-hybridized carbons (Fsp3) is 0.914. The van der Waals surface area contributed by atoms with Crippen molar-refractivity contribution in [2.24, 2.45) is 0 Å². The molecule has 0 saturated carbocycles. The van der Waals surface area contributed by atoms with Gasteiger partial charge in [0, 0.05) is 12.8 Å². The third-order valence-electron chi connectivity index (χ3n) is 16.2. The van der Waals surface area contributed by atoms with Crippen LogP contribution in [0.5, 0.6) is 0 Å². The Labute approximate surface area is 475 Å². The zero-order chi connectivity index (χ0) is 55.0. The van der Waals surface area contributed by atoms with Crippen LogP contribution in [0, 0.1) is 0 Å². The van der Waals surface area contributed by atoms with Crippen LogP contribution in [0.3, 0.4) is 0 Å². The second-order valence-corrected chi connectivity index (χ2v) is 23.9. The van der Waals surface area contributed by atoms with E-state index in [9.17, 15) is 19.8 Å². The Morgan fingerprint density at radius 3 is 0.934 bits per heavy atom. The first-order valence-corrected chi connectivity index (χ1v) is 34.6. The van der Waals surface area contributed by atoms with Crippen molar-refractivity contribution >= 4 is 11.9 Å². The first kappa shape index (κ1) is 74.3. The van der Waals surface area contributed by atoms with Crippen molar-refractivity contribution in [1.82, 2.24) is 5.32 Å². The van der Waals surface area contributed by atoms with Crippen LogP contribution in [0.15, 0.2) is 24.3 Å². The van der Waals surface area contributed by atoms with Gasteiger partial charge in [-0.2, -0.15) is 0 Å². The SMILES string of the molecule is CCCCCCC/C=C\CCCCCCCC(=O)OCCCCCCCCCCCCCCCCCCCCCCCCCCCCCCCCCCCCCC(=O)NC(CO)C(O)/C=C/CCCCCCCCCC. The number of aliphatic hydroxyl groups is 2. The van der Waals surface area contributed by atoms with Crippen molar-refractivity contribution in [3.05, 3.63) is 24.3 Å². The molecular formula is C70H135NO5. The summed E-state index contributed by atoms with van der Waals surface area (Å²) in [5.74, 6) is -0.0489. The minimum Gasteiger partial charge on any atom is -0.466 e. The Kier molecular flexibility index (Phi) is 64.4. The summed E-state index contributed by atoms with van der Waals surface area (Å²) in [5.41, 5.74) is 0. The average Bonchev–Trinajstić information content (AvgIpc) is 3.42. The van der Waals surface area contributed by atoms with Gasteiger partial charge < -0.3 is 20.3 Å². The molecule has 3 N–H and O–H groups in total. The molecule has 0 aromatic carbocycles. The second kappa shape index (κ2) is 65.9. The average molecular weight is 1070 g/mol. The molecule has 450 valence electrons. The number of ether oxygens (including phenoxy) is 1. The number of rotatable bonds is 65. The Hall–Kier alpha value is -1.66. The summed E-state index contributed by atoms with van der Waals surface area (Å²) in [6, 6.07) is -0.621. The van der Waals surface area contributed by atoms with E-state index in [1.54, 1.807) is 6.08 Å². The number of carbonyl (C=O) groups is 2. The van der Waals surface area contributed by atoms with Gasteiger partial charge in [-0.1, -0.05) is 340 Å². The zero-order valence-electron chi connectivity index (χ0n) is 51.5. The molecular weight excluding hydrogens is 935 g/mol. The summed E-state index contributed by atoms with van der Waals surface area (Å²) in [6.07, 6.45) is 82.8. The standard InChI is InChI=1S/C70H135NO5/c1-3-5-7-9-11-13-15-16-41-44-48-52-56-60-64-70(75)76-65-61-57-53-49-45-42-39-37-35-33-31-29-27-25-23-21-19-17-18-20-22-24-26-28-30-32-34-36-38-40-43-47-51-55-59-63-69(74)71-67(66-72)68(73)62-58-54-50-46-14-12-10-8-6-4-2/h15-16,58,62,67-68,72-73H,3-14,17-57,59-61,63-66H2,1-2H3,(H,71,74)/b16-15-,62-58+. The number of hydrogen-bond acceptors (Lipinski definition) is 5. The van der Waals surface area contributed by atoms with Gasteiger partial charge in [-0.3, -0.25) is 9.59 Å². The number of aliphatic hydroxyl groups excluding tert-OH is 2. The van der Waals surface area contributed by atoms with Crippen LogP contribution >= 0.6 is 0 Å². The van der Waals surface area contributed by atoms with E-state index >= 15 is 0 Å². The van der Waals surface area contributed by atoms with E-state index in [1.807, 2.05) is 6.08 Å². The van der Waals surface area contributed by atoms with E-state index in [0.29, 0.717) is 19.4 Å². The van der Waals surface area contributed by atoms with Gasteiger partial charge in [-0.05, 0) is 57.8 Å². The molecule has 2 unspecified atom stereocenters. The lowest BCUT2D eigenvalue weighted by Gasteiger charge is -2.20. The van der Waals surface area contributed by atoms with E-state index in [1.165, 1.54) is 315 Å². The summed E-state index contributed by atoms with van der Waals surface area (Å²) in [6.45, 7) is 4.90. The lowest BCUT2D eigenvalue weighted by molar-refractivity contribution is -0.143. The van der Waals surface area contributed by atoms with Gasteiger partial charge in [0.05, 0.1) is 25.4 Å². The highest BCUT2D eigenvalue weighted by Gasteiger charge is 2.18. The molecule has 76 heavy (non-hydrogen) atoms. The van der Waals surface area contributed by atoms with Crippen LogP contribution in [0.1, 0.15) is 386 Å². The monoisotopic (exact) mass is 1070 g/mol. The highest BCUT2D eigenvalue weighted by molar-refractivity contribution is 5.76. The first-order valence-electron chi connectivity index (χ1n) is 34.6. The summed E-state index contributed by atoms with van der Waals surface area (Å²) in [5, 5.41) is 23.0. The van der Waals surface area contributed by atoms with Crippen molar-refractivity contribution in [3.8, 4) is 0 Å². The van der Waals surface area contributed by atoms with E-state index in [0.717, 1.165) is 44.9 Å². The van der Waals surface area contributed by atoms with Gasteiger partial charge in [-0.15, -0.1) is 0 Å². The minimum atomic E-state index is -0.838. The number of amides is 1. The van der Waals surface area contributed by atoms with Gasteiger partial charge in [0.2, 0.25) is 5.91 Å². The molecule has 0 heterocycles. The van der Waals surface area contributed by atoms with E-state index in [-0.39, 0.29) is 18.5 Å². The number of hydrogen-bond donors (Lipinski definition) is 3. The normalized spacial score (nSPS) is 12.6. The van der Waals surface area contributed by atoms with E-state index < -0.39 is 12.1 Å².